The Morgan fingerprint density at radius 2 is 2.38 bits per heavy atom. The van der Waals surface area contributed by atoms with Crippen LogP contribution in [0.25, 0.3) is 0 Å². The van der Waals surface area contributed by atoms with Crippen LogP contribution in [-0.4, -0.2) is 28.4 Å². The van der Waals surface area contributed by atoms with Gasteiger partial charge in [-0.2, -0.15) is 5.01 Å². The number of urea groups is 1. The molecule has 0 spiro atoms. The average molecular weight is 308 g/mol. The summed E-state index contributed by atoms with van der Waals surface area (Å²) in [5.74, 6) is 0.462. The molecule has 0 bridgehead atoms. The molecule has 0 aliphatic rings. The molecule has 16 heavy (non-hydrogen) atoms. The van der Waals surface area contributed by atoms with E-state index in [0.717, 1.165) is 4.47 Å². The summed E-state index contributed by atoms with van der Waals surface area (Å²) in [5.41, 5.74) is 0. The lowest BCUT2D eigenvalue weighted by Gasteiger charge is -2.12. The molecular weight excluding hydrogens is 299 g/mol. The molecule has 0 aliphatic heterocycles. The Kier molecular flexibility index (Phi) is 5.13. The number of aromatic nitrogens is 1. The Balaban J connectivity index is 2.62. The van der Waals surface area contributed by atoms with E-state index in [-0.39, 0.29) is 12.4 Å². The lowest BCUT2D eigenvalue weighted by Crippen LogP contribution is -2.31. The zero-order valence-corrected chi connectivity index (χ0v) is 10.4. The Morgan fingerprint density at radius 1 is 1.62 bits per heavy atom. The molecule has 6 nitrogen and oxygen atoms in total. The van der Waals surface area contributed by atoms with Crippen LogP contribution in [0, 0.1) is 4.91 Å². The fourth-order valence-electron chi connectivity index (χ4n) is 0.883. The largest absolute Gasteiger partial charge is 0.346 e. The van der Waals surface area contributed by atoms with Crippen LogP contribution in [0.5, 0.6) is 0 Å². The van der Waals surface area contributed by atoms with Crippen molar-refractivity contribution in [3.63, 3.8) is 0 Å². The van der Waals surface area contributed by atoms with E-state index in [0.29, 0.717) is 10.8 Å². The van der Waals surface area contributed by atoms with Gasteiger partial charge in [0, 0.05) is 16.5 Å². The van der Waals surface area contributed by atoms with Crippen LogP contribution in [0.1, 0.15) is 0 Å². The number of anilines is 1. The topological polar surface area (TPSA) is 74.7 Å². The van der Waals surface area contributed by atoms with Crippen molar-refractivity contribution in [3.8, 4) is 0 Å². The molecule has 8 heteroatoms. The maximum atomic E-state index is 11.4. The van der Waals surface area contributed by atoms with Crippen molar-refractivity contribution in [1.82, 2.24) is 9.99 Å². The molecule has 1 heterocycles. The van der Waals surface area contributed by atoms with Crippen molar-refractivity contribution < 1.29 is 4.79 Å². The third-order valence-electron chi connectivity index (χ3n) is 1.59. The summed E-state index contributed by atoms with van der Waals surface area (Å²) < 4.78 is 0.789. The van der Waals surface area contributed by atoms with Gasteiger partial charge in [-0.1, -0.05) is 0 Å². The monoisotopic (exact) mass is 306 g/mol. The zero-order chi connectivity index (χ0) is 12.0. The van der Waals surface area contributed by atoms with Crippen molar-refractivity contribution in [2.45, 2.75) is 0 Å². The SMILES string of the molecule is O=NN(CCCl)C(=O)Nc1ccc(Br)cn1. The van der Waals surface area contributed by atoms with E-state index in [1.54, 1.807) is 12.1 Å². The first-order valence-corrected chi connectivity index (χ1v) is 5.59. The highest BCUT2D eigenvalue weighted by Crippen LogP contribution is 2.11. The van der Waals surface area contributed by atoms with Gasteiger partial charge in [0.15, 0.2) is 0 Å². The van der Waals surface area contributed by atoms with Gasteiger partial charge in [0.1, 0.15) is 5.82 Å². The van der Waals surface area contributed by atoms with Gasteiger partial charge in [0.25, 0.3) is 0 Å². The van der Waals surface area contributed by atoms with E-state index in [9.17, 15) is 9.70 Å². The number of carbonyl (C=O) groups excluding carboxylic acids is 1. The zero-order valence-electron chi connectivity index (χ0n) is 8.06. The molecule has 0 saturated carbocycles. The van der Waals surface area contributed by atoms with E-state index >= 15 is 0 Å². The maximum absolute atomic E-state index is 11.4. The first kappa shape index (κ1) is 12.9. The van der Waals surface area contributed by atoms with Crippen LogP contribution in [0.2, 0.25) is 0 Å². The molecular formula is C8H8BrClN4O2. The summed E-state index contributed by atoms with van der Waals surface area (Å²) in [5, 5.41) is 5.64. The first-order chi connectivity index (χ1) is 7.67. The number of nitrogens with zero attached hydrogens (tertiary/aromatic N) is 3. The Morgan fingerprint density at radius 3 is 2.88 bits per heavy atom. The Bertz CT molecular complexity index is 373. The molecule has 1 aromatic heterocycles. The second-order valence-corrected chi connectivity index (χ2v) is 3.98. The highest BCUT2D eigenvalue weighted by Gasteiger charge is 2.13. The normalized spacial score (nSPS) is 9.62. The van der Waals surface area contributed by atoms with E-state index in [2.05, 4.69) is 31.5 Å². The molecule has 1 rings (SSSR count). The highest BCUT2D eigenvalue weighted by molar-refractivity contribution is 9.10. The van der Waals surface area contributed by atoms with Gasteiger partial charge in [-0.3, -0.25) is 5.32 Å². The van der Waals surface area contributed by atoms with Crippen molar-refractivity contribution in [2.24, 2.45) is 5.29 Å². The van der Waals surface area contributed by atoms with E-state index in [1.807, 2.05) is 0 Å². The summed E-state index contributed by atoms with van der Waals surface area (Å²) in [6, 6.07) is 2.64. The summed E-state index contributed by atoms with van der Waals surface area (Å²) in [6.45, 7) is 0.0490. The minimum atomic E-state index is -0.662. The quantitative estimate of drug-likeness (QED) is 0.528. The fraction of sp³-hybridized carbons (Fsp3) is 0.250. The lowest BCUT2D eigenvalue weighted by molar-refractivity contribution is 0.216. The summed E-state index contributed by atoms with van der Waals surface area (Å²) >= 11 is 8.61. The Labute approximate surface area is 105 Å². The molecule has 86 valence electrons. The van der Waals surface area contributed by atoms with Gasteiger partial charge in [0.05, 0.1) is 11.8 Å². The molecule has 0 aliphatic carbocycles. The van der Waals surface area contributed by atoms with Crippen LogP contribution < -0.4 is 5.32 Å². The van der Waals surface area contributed by atoms with Gasteiger partial charge < -0.3 is 0 Å². The smallest absolute Gasteiger partial charge is 0.291 e. The molecule has 2 amide bonds. The van der Waals surface area contributed by atoms with Gasteiger partial charge >= 0.3 is 6.03 Å². The molecule has 0 fully saturated rings. The predicted octanol–water partition coefficient (Wildman–Crippen LogP) is 2.60. The van der Waals surface area contributed by atoms with Crippen LogP contribution in [0.4, 0.5) is 10.6 Å². The van der Waals surface area contributed by atoms with E-state index < -0.39 is 6.03 Å². The van der Waals surface area contributed by atoms with Gasteiger partial charge in [-0.25, -0.2) is 9.78 Å². The molecule has 1 aromatic rings. The minimum absolute atomic E-state index is 0.0490. The summed E-state index contributed by atoms with van der Waals surface area (Å²) in [6.07, 6.45) is 1.52. The van der Waals surface area contributed by atoms with Gasteiger partial charge in [-0.15, -0.1) is 16.5 Å². The first-order valence-electron chi connectivity index (χ1n) is 4.26. The molecule has 0 radical (unpaired) electrons. The van der Waals surface area contributed by atoms with Crippen LogP contribution >= 0.6 is 27.5 Å². The number of hydrogen-bond acceptors (Lipinski definition) is 4. The van der Waals surface area contributed by atoms with Crippen LogP contribution in [0.15, 0.2) is 28.1 Å². The summed E-state index contributed by atoms with van der Waals surface area (Å²) in [7, 11) is 0. The molecule has 1 N–H and O–H groups in total. The number of alkyl halides is 1. The van der Waals surface area contributed by atoms with Crippen molar-refractivity contribution in [1.29, 1.82) is 0 Å². The number of nitrogens with one attached hydrogen (secondary N) is 1. The third kappa shape index (κ3) is 3.74. The molecule has 0 unspecified atom stereocenters. The minimum Gasteiger partial charge on any atom is -0.291 e. The standard InChI is InChI=1S/C8H8BrClN4O2/c9-6-1-2-7(11-5-6)12-8(15)14(13-16)4-3-10/h1-2,5H,3-4H2,(H,11,12,15). The van der Waals surface area contributed by atoms with Gasteiger partial charge in [0.2, 0.25) is 0 Å². The predicted molar refractivity (Wildman–Crippen MR) is 64.2 cm³/mol. The average Bonchev–Trinajstić information content (AvgIpc) is 2.29. The molecule has 0 aromatic carbocycles. The number of rotatable bonds is 4. The number of hydrogen-bond donors (Lipinski definition) is 1. The molecule has 0 saturated heterocycles. The maximum Gasteiger partial charge on any atom is 0.346 e. The summed E-state index contributed by atoms with van der Waals surface area (Å²) in [4.78, 5) is 25.7. The van der Waals surface area contributed by atoms with Crippen molar-refractivity contribution in [2.75, 3.05) is 17.7 Å². The number of halogens is 2. The molecule has 0 atom stereocenters. The number of carbonyl (C=O) groups is 1. The third-order valence-corrected chi connectivity index (χ3v) is 2.23. The van der Waals surface area contributed by atoms with Crippen molar-refractivity contribution in [3.05, 3.63) is 27.7 Å². The van der Waals surface area contributed by atoms with Crippen LogP contribution in [0.3, 0.4) is 0 Å². The second kappa shape index (κ2) is 6.39. The fourth-order valence-corrected chi connectivity index (χ4v) is 1.28. The van der Waals surface area contributed by atoms with Gasteiger partial charge in [-0.05, 0) is 28.1 Å². The van der Waals surface area contributed by atoms with E-state index in [4.69, 9.17) is 11.6 Å². The lowest BCUT2D eigenvalue weighted by atomic mass is 10.5. The highest BCUT2D eigenvalue weighted by atomic mass is 79.9. The number of nitroso groups, excluding NO2 is 1. The number of pyridine rings is 1. The second-order valence-electron chi connectivity index (χ2n) is 2.69. The Hall–Kier alpha value is -1.21. The van der Waals surface area contributed by atoms with E-state index in [1.165, 1.54) is 6.20 Å². The van der Waals surface area contributed by atoms with Crippen LogP contribution in [-0.2, 0) is 0 Å². The number of amides is 2. The van der Waals surface area contributed by atoms with Crippen molar-refractivity contribution >= 4 is 39.4 Å².